The number of hydrogen-bond donors (Lipinski definition) is 0. The molecule has 8 nitrogen and oxygen atoms in total. The van der Waals surface area contributed by atoms with Gasteiger partial charge in [-0.15, -0.1) is 5.10 Å². The number of carbonyl (C=O) groups is 1. The van der Waals surface area contributed by atoms with E-state index in [1.54, 1.807) is 11.0 Å². The van der Waals surface area contributed by atoms with Crippen molar-refractivity contribution >= 4 is 22.9 Å². The minimum Gasteiger partial charge on any atom is -0.351 e. The van der Waals surface area contributed by atoms with E-state index in [0.717, 1.165) is 30.1 Å². The molecule has 146 valence electrons. The van der Waals surface area contributed by atoms with Crippen LogP contribution in [0.4, 0.5) is 5.82 Å². The Morgan fingerprint density at radius 1 is 1.07 bits per heavy atom. The number of aromatic nitrogens is 5. The van der Waals surface area contributed by atoms with Gasteiger partial charge in [0.15, 0.2) is 17.0 Å². The average molecular weight is 379 g/mol. The van der Waals surface area contributed by atoms with Gasteiger partial charge in [0.2, 0.25) is 5.91 Å². The number of anilines is 1. The van der Waals surface area contributed by atoms with Crippen molar-refractivity contribution in [3.8, 4) is 0 Å². The fourth-order valence-corrected chi connectivity index (χ4v) is 3.52. The maximum Gasteiger partial charge on any atom is 0.222 e. The zero-order valence-electron chi connectivity index (χ0n) is 16.3. The Hall–Kier alpha value is -3.03. The molecule has 3 aromatic rings. The van der Waals surface area contributed by atoms with E-state index < -0.39 is 0 Å². The quantitative estimate of drug-likeness (QED) is 0.674. The van der Waals surface area contributed by atoms with Crippen molar-refractivity contribution in [3.05, 3.63) is 42.2 Å². The van der Waals surface area contributed by atoms with Crippen LogP contribution in [-0.4, -0.2) is 61.9 Å². The molecule has 1 fully saturated rings. The SMILES string of the molecule is CC(C)CC(=O)N1CCN(c2ncnc3c2nnn3Cc2ccccc2)CC1. The molecule has 1 saturated heterocycles. The van der Waals surface area contributed by atoms with Gasteiger partial charge in [-0.25, -0.2) is 14.6 Å². The molecule has 0 unspecified atom stereocenters. The summed E-state index contributed by atoms with van der Waals surface area (Å²) in [6.07, 6.45) is 2.17. The Morgan fingerprint density at radius 2 is 1.82 bits per heavy atom. The van der Waals surface area contributed by atoms with Crippen molar-refractivity contribution in [1.29, 1.82) is 0 Å². The Morgan fingerprint density at radius 3 is 2.54 bits per heavy atom. The summed E-state index contributed by atoms with van der Waals surface area (Å²) < 4.78 is 1.80. The van der Waals surface area contributed by atoms with E-state index in [2.05, 4.69) is 51.2 Å². The zero-order valence-corrected chi connectivity index (χ0v) is 16.3. The Labute approximate surface area is 164 Å². The van der Waals surface area contributed by atoms with Crippen LogP contribution in [0.25, 0.3) is 11.2 Å². The lowest BCUT2D eigenvalue weighted by Crippen LogP contribution is -2.49. The summed E-state index contributed by atoms with van der Waals surface area (Å²) >= 11 is 0. The monoisotopic (exact) mass is 379 g/mol. The van der Waals surface area contributed by atoms with Crippen LogP contribution in [0.1, 0.15) is 25.8 Å². The zero-order chi connectivity index (χ0) is 19.5. The van der Waals surface area contributed by atoms with Gasteiger partial charge in [-0.3, -0.25) is 4.79 Å². The fraction of sp³-hybridized carbons (Fsp3) is 0.450. The maximum atomic E-state index is 12.3. The number of carbonyl (C=O) groups excluding carboxylic acids is 1. The second kappa shape index (κ2) is 7.92. The predicted octanol–water partition coefficient (Wildman–Crippen LogP) is 1.96. The summed E-state index contributed by atoms with van der Waals surface area (Å²) in [6.45, 7) is 7.65. The first-order chi connectivity index (χ1) is 13.6. The largest absolute Gasteiger partial charge is 0.351 e. The van der Waals surface area contributed by atoms with Crippen molar-refractivity contribution in [2.24, 2.45) is 5.92 Å². The number of fused-ring (bicyclic) bond motifs is 1. The van der Waals surface area contributed by atoms with Gasteiger partial charge in [0.05, 0.1) is 6.54 Å². The normalized spacial score (nSPS) is 14.8. The van der Waals surface area contributed by atoms with Crippen LogP contribution in [0.15, 0.2) is 36.7 Å². The molecule has 0 saturated carbocycles. The minimum absolute atomic E-state index is 0.233. The van der Waals surface area contributed by atoms with Gasteiger partial charge in [0.1, 0.15) is 6.33 Å². The Kier molecular flexibility index (Phi) is 5.18. The number of nitrogens with zero attached hydrogens (tertiary/aromatic N) is 7. The van der Waals surface area contributed by atoms with Gasteiger partial charge in [-0.2, -0.15) is 0 Å². The lowest BCUT2D eigenvalue weighted by molar-refractivity contribution is -0.132. The smallest absolute Gasteiger partial charge is 0.222 e. The molecule has 8 heteroatoms. The number of piperazine rings is 1. The third-order valence-electron chi connectivity index (χ3n) is 4.97. The summed E-state index contributed by atoms with van der Waals surface area (Å²) in [7, 11) is 0. The van der Waals surface area contributed by atoms with Crippen molar-refractivity contribution in [2.75, 3.05) is 31.1 Å². The van der Waals surface area contributed by atoms with Gasteiger partial charge in [-0.1, -0.05) is 49.4 Å². The van der Waals surface area contributed by atoms with Crippen molar-refractivity contribution in [3.63, 3.8) is 0 Å². The van der Waals surface area contributed by atoms with E-state index in [9.17, 15) is 4.79 Å². The van der Waals surface area contributed by atoms with E-state index in [-0.39, 0.29) is 5.91 Å². The molecule has 1 aliphatic heterocycles. The lowest BCUT2D eigenvalue weighted by Gasteiger charge is -2.35. The van der Waals surface area contributed by atoms with Crippen LogP contribution < -0.4 is 4.90 Å². The number of hydrogen-bond acceptors (Lipinski definition) is 6. The number of amides is 1. The second-order valence-electron chi connectivity index (χ2n) is 7.57. The molecule has 28 heavy (non-hydrogen) atoms. The van der Waals surface area contributed by atoms with Gasteiger partial charge < -0.3 is 9.80 Å². The topological polar surface area (TPSA) is 80.0 Å². The summed E-state index contributed by atoms with van der Waals surface area (Å²) in [4.78, 5) is 25.3. The third kappa shape index (κ3) is 3.81. The first-order valence-corrected chi connectivity index (χ1v) is 9.72. The number of benzene rings is 1. The number of rotatable bonds is 5. The molecule has 0 atom stereocenters. The molecule has 1 aliphatic rings. The van der Waals surface area contributed by atoms with E-state index in [4.69, 9.17) is 0 Å². The van der Waals surface area contributed by atoms with Gasteiger partial charge >= 0.3 is 0 Å². The molecule has 0 radical (unpaired) electrons. The highest BCUT2D eigenvalue weighted by atomic mass is 16.2. The highest BCUT2D eigenvalue weighted by molar-refractivity contribution is 5.83. The molecule has 1 aromatic carbocycles. The fourth-order valence-electron chi connectivity index (χ4n) is 3.52. The van der Waals surface area contributed by atoms with E-state index in [1.807, 2.05) is 23.1 Å². The average Bonchev–Trinajstić information content (AvgIpc) is 3.11. The lowest BCUT2D eigenvalue weighted by atomic mass is 10.1. The molecule has 4 rings (SSSR count). The van der Waals surface area contributed by atoms with Crippen LogP contribution in [-0.2, 0) is 11.3 Å². The van der Waals surface area contributed by atoms with E-state index >= 15 is 0 Å². The molecular formula is C20H25N7O. The van der Waals surface area contributed by atoms with Crippen LogP contribution in [0, 0.1) is 5.92 Å². The summed E-state index contributed by atoms with van der Waals surface area (Å²) in [6, 6.07) is 10.1. The summed E-state index contributed by atoms with van der Waals surface area (Å²) in [5, 5.41) is 8.64. The second-order valence-corrected chi connectivity index (χ2v) is 7.57. The first kappa shape index (κ1) is 18.3. The van der Waals surface area contributed by atoms with Crippen molar-refractivity contribution < 1.29 is 4.79 Å². The molecule has 0 bridgehead atoms. The maximum absolute atomic E-state index is 12.3. The van der Waals surface area contributed by atoms with E-state index in [0.29, 0.717) is 37.5 Å². The Balaban J connectivity index is 1.50. The minimum atomic E-state index is 0.233. The highest BCUT2D eigenvalue weighted by Gasteiger charge is 2.24. The molecular weight excluding hydrogens is 354 g/mol. The van der Waals surface area contributed by atoms with Gasteiger partial charge in [-0.05, 0) is 11.5 Å². The first-order valence-electron chi connectivity index (χ1n) is 9.72. The summed E-state index contributed by atoms with van der Waals surface area (Å²) in [5.41, 5.74) is 2.58. The molecule has 2 aromatic heterocycles. The van der Waals surface area contributed by atoms with Crippen LogP contribution in [0.3, 0.4) is 0 Å². The highest BCUT2D eigenvalue weighted by Crippen LogP contribution is 2.22. The third-order valence-corrected chi connectivity index (χ3v) is 4.97. The molecule has 0 aliphatic carbocycles. The Bertz CT molecular complexity index is 946. The van der Waals surface area contributed by atoms with Crippen LogP contribution >= 0.6 is 0 Å². The van der Waals surface area contributed by atoms with Gasteiger partial charge in [0, 0.05) is 32.6 Å². The summed E-state index contributed by atoms with van der Waals surface area (Å²) in [5.74, 6) is 1.41. The molecule has 0 N–H and O–H groups in total. The van der Waals surface area contributed by atoms with E-state index in [1.165, 1.54) is 0 Å². The van der Waals surface area contributed by atoms with Crippen LogP contribution in [0.5, 0.6) is 0 Å². The molecule has 1 amide bonds. The van der Waals surface area contributed by atoms with Crippen molar-refractivity contribution in [1.82, 2.24) is 29.9 Å². The standard InChI is InChI=1S/C20H25N7O/c1-15(2)12-17(28)25-8-10-26(11-9-25)19-18-20(22-14-21-19)27(24-23-18)13-16-6-4-3-5-7-16/h3-7,14-15H,8-13H2,1-2H3. The predicted molar refractivity (Wildman–Crippen MR) is 107 cm³/mol. The van der Waals surface area contributed by atoms with Crippen molar-refractivity contribution in [2.45, 2.75) is 26.8 Å². The van der Waals surface area contributed by atoms with Gasteiger partial charge in [0.25, 0.3) is 0 Å². The molecule has 0 spiro atoms. The van der Waals surface area contributed by atoms with Crippen LogP contribution in [0.2, 0.25) is 0 Å². The molecule has 3 heterocycles.